The molecule has 10 heteroatoms. The molecular weight excluding hydrogens is 275 g/mol. The van der Waals surface area contributed by atoms with Crippen LogP contribution in [0, 0.1) is 0 Å². The monoisotopic (exact) mass is 287 g/mol. The fourth-order valence-corrected chi connectivity index (χ4v) is 1.33. The summed E-state index contributed by atoms with van der Waals surface area (Å²) in [5.41, 5.74) is 0. The fourth-order valence-electron chi connectivity index (χ4n) is 0.963. The van der Waals surface area contributed by atoms with Gasteiger partial charge in [-0.1, -0.05) is 0 Å². The molecular formula is C8H12F3N3O3S. The molecule has 1 heterocycles. The highest BCUT2D eigenvalue weighted by molar-refractivity contribution is 6.99. The van der Waals surface area contributed by atoms with Crippen LogP contribution >= 0.6 is 11.7 Å². The van der Waals surface area contributed by atoms with Gasteiger partial charge >= 0.3 is 6.18 Å². The minimum absolute atomic E-state index is 0.124. The summed E-state index contributed by atoms with van der Waals surface area (Å²) >= 11 is 0.935. The molecule has 6 nitrogen and oxygen atoms in total. The second-order valence-electron chi connectivity index (χ2n) is 3.43. The van der Waals surface area contributed by atoms with E-state index in [1.165, 1.54) is 6.20 Å². The first kappa shape index (κ1) is 15.1. The summed E-state index contributed by atoms with van der Waals surface area (Å²) < 4.78 is 48.1. The summed E-state index contributed by atoms with van der Waals surface area (Å²) in [5.74, 6) is 0.245. The Morgan fingerprint density at radius 2 is 2.11 bits per heavy atom. The van der Waals surface area contributed by atoms with Gasteiger partial charge in [-0.05, 0) is 0 Å². The standard InChI is InChI=1S/C8H12F3N3O3S/c9-8(10,11)6(16)2-12-1-5(15)4-17-7-3-13-18-14-7/h3,5-6,12,15-16H,1-2,4H2. The first-order valence-electron chi connectivity index (χ1n) is 4.93. The number of aromatic nitrogens is 2. The molecule has 104 valence electrons. The summed E-state index contributed by atoms with van der Waals surface area (Å²) in [4.78, 5) is 0. The molecule has 0 saturated carbocycles. The smallest absolute Gasteiger partial charge is 0.415 e. The molecule has 1 rings (SSSR count). The minimum atomic E-state index is -4.67. The van der Waals surface area contributed by atoms with Crippen molar-refractivity contribution in [2.75, 3.05) is 19.7 Å². The lowest BCUT2D eigenvalue weighted by Gasteiger charge is -2.16. The van der Waals surface area contributed by atoms with Crippen LogP contribution in [0.15, 0.2) is 6.20 Å². The van der Waals surface area contributed by atoms with Crippen molar-refractivity contribution < 1.29 is 28.1 Å². The molecule has 0 aromatic carbocycles. The summed E-state index contributed by atoms with van der Waals surface area (Å²) in [6.45, 7) is -0.940. The molecule has 0 spiro atoms. The number of nitrogens with zero attached hydrogens (tertiary/aromatic N) is 2. The first-order valence-corrected chi connectivity index (χ1v) is 5.66. The van der Waals surface area contributed by atoms with Crippen molar-refractivity contribution in [2.45, 2.75) is 18.4 Å². The summed E-state index contributed by atoms with van der Waals surface area (Å²) in [7, 11) is 0. The van der Waals surface area contributed by atoms with Crippen LogP contribution in [0.5, 0.6) is 5.88 Å². The first-order chi connectivity index (χ1) is 8.39. The minimum Gasteiger partial charge on any atom is -0.473 e. The summed E-state index contributed by atoms with van der Waals surface area (Å²) in [5, 5.41) is 20.3. The van der Waals surface area contributed by atoms with Gasteiger partial charge in [-0.15, -0.1) is 4.37 Å². The third-order valence-corrected chi connectivity index (χ3v) is 2.32. The van der Waals surface area contributed by atoms with Crippen molar-refractivity contribution in [3.63, 3.8) is 0 Å². The van der Waals surface area contributed by atoms with Gasteiger partial charge in [-0.3, -0.25) is 0 Å². The van der Waals surface area contributed by atoms with E-state index in [1.54, 1.807) is 0 Å². The van der Waals surface area contributed by atoms with Crippen LogP contribution in [0.1, 0.15) is 0 Å². The number of alkyl halides is 3. The zero-order chi connectivity index (χ0) is 13.6. The van der Waals surface area contributed by atoms with E-state index >= 15 is 0 Å². The van der Waals surface area contributed by atoms with E-state index in [0.29, 0.717) is 0 Å². The lowest BCUT2D eigenvalue weighted by molar-refractivity contribution is -0.202. The van der Waals surface area contributed by atoms with Crippen molar-refractivity contribution in [1.29, 1.82) is 0 Å². The van der Waals surface area contributed by atoms with E-state index in [0.717, 1.165) is 11.7 Å². The largest absolute Gasteiger partial charge is 0.473 e. The zero-order valence-electron chi connectivity index (χ0n) is 9.09. The maximum absolute atomic E-state index is 11.9. The molecule has 2 unspecified atom stereocenters. The molecule has 1 aromatic rings. The molecule has 2 atom stereocenters. The molecule has 0 aliphatic rings. The van der Waals surface area contributed by atoms with Crippen molar-refractivity contribution in [3.05, 3.63) is 6.20 Å². The zero-order valence-corrected chi connectivity index (χ0v) is 9.91. The molecule has 1 aromatic heterocycles. The van der Waals surface area contributed by atoms with Gasteiger partial charge in [0.2, 0.25) is 5.88 Å². The number of aliphatic hydroxyl groups is 2. The Morgan fingerprint density at radius 1 is 1.39 bits per heavy atom. The van der Waals surface area contributed by atoms with Gasteiger partial charge in [0, 0.05) is 13.1 Å². The summed E-state index contributed by atoms with van der Waals surface area (Å²) in [6, 6.07) is 0. The number of ether oxygens (including phenoxy) is 1. The van der Waals surface area contributed by atoms with E-state index in [4.69, 9.17) is 9.84 Å². The van der Waals surface area contributed by atoms with Crippen LogP contribution < -0.4 is 10.1 Å². The van der Waals surface area contributed by atoms with Crippen molar-refractivity contribution in [3.8, 4) is 5.88 Å². The SMILES string of the molecule is OC(CNCC(O)C(F)(F)F)COc1cnsn1. The van der Waals surface area contributed by atoms with E-state index in [1.807, 2.05) is 0 Å². The lowest BCUT2D eigenvalue weighted by Crippen LogP contribution is -2.41. The van der Waals surface area contributed by atoms with Crippen LogP contribution in [0.3, 0.4) is 0 Å². The van der Waals surface area contributed by atoms with E-state index in [-0.39, 0.29) is 19.0 Å². The van der Waals surface area contributed by atoms with Crippen LogP contribution in [-0.4, -0.2) is 57.0 Å². The molecule has 0 amide bonds. The maximum Gasteiger partial charge on any atom is 0.415 e. The van der Waals surface area contributed by atoms with Gasteiger partial charge in [-0.25, -0.2) is 0 Å². The Labute approximate surface area is 105 Å². The Bertz CT molecular complexity index is 336. The average Bonchev–Trinajstić information content (AvgIpc) is 2.77. The predicted molar refractivity (Wildman–Crippen MR) is 56.3 cm³/mol. The van der Waals surface area contributed by atoms with E-state index in [9.17, 15) is 18.3 Å². The predicted octanol–water partition coefficient (Wildman–Crippen LogP) is -0.209. The highest BCUT2D eigenvalue weighted by Crippen LogP contribution is 2.19. The molecule has 0 saturated heterocycles. The van der Waals surface area contributed by atoms with Crippen LogP contribution in [0.4, 0.5) is 13.2 Å². The Balaban J connectivity index is 2.12. The van der Waals surface area contributed by atoms with Crippen molar-refractivity contribution in [1.82, 2.24) is 14.1 Å². The third-order valence-electron chi connectivity index (χ3n) is 1.86. The normalized spacial score (nSPS) is 15.4. The van der Waals surface area contributed by atoms with Gasteiger partial charge < -0.3 is 20.3 Å². The van der Waals surface area contributed by atoms with Crippen LogP contribution in [-0.2, 0) is 0 Å². The van der Waals surface area contributed by atoms with E-state index < -0.39 is 24.9 Å². The molecule has 18 heavy (non-hydrogen) atoms. The van der Waals surface area contributed by atoms with Crippen molar-refractivity contribution in [2.24, 2.45) is 0 Å². The Kier molecular flexibility index (Phi) is 5.72. The molecule has 0 fully saturated rings. The molecule has 3 N–H and O–H groups in total. The van der Waals surface area contributed by atoms with Gasteiger partial charge in [0.15, 0.2) is 6.10 Å². The fraction of sp³-hybridized carbons (Fsp3) is 0.750. The number of nitrogens with one attached hydrogen (secondary N) is 1. The Morgan fingerprint density at radius 3 is 2.67 bits per heavy atom. The summed E-state index contributed by atoms with van der Waals surface area (Å²) in [6.07, 6.45) is -6.76. The molecule has 0 bridgehead atoms. The molecule has 0 radical (unpaired) electrons. The number of rotatable bonds is 7. The highest BCUT2D eigenvalue weighted by Gasteiger charge is 2.37. The quantitative estimate of drug-likeness (QED) is 0.643. The van der Waals surface area contributed by atoms with Crippen LogP contribution in [0.25, 0.3) is 0 Å². The molecule has 0 aliphatic heterocycles. The number of hydrogen-bond donors (Lipinski definition) is 3. The number of aliphatic hydroxyl groups excluding tert-OH is 2. The van der Waals surface area contributed by atoms with Gasteiger partial charge in [0.1, 0.15) is 18.9 Å². The second-order valence-corrected chi connectivity index (χ2v) is 3.98. The topological polar surface area (TPSA) is 87.5 Å². The average molecular weight is 287 g/mol. The van der Waals surface area contributed by atoms with Gasteiger partial charge in [0.05, 0.1) is 11.7 Å². The molecule has 0 aliphatic carbocycles. The second kappa shape index (κ2) is 6.83. The van der Waals surface area contributed by atoms with Crippen LogP contribution in [0.2, 0.25) is 0 Å². The number of hydrogen-bond acceptors (Lipinski definition) is 7. The maximum atomic E-state index is 11.9. The lowest BCUT2D eigenvalue weighted by atomic mass is 10.3. The highest BCUT2D eigenvalue weighted by atomic mass is 32.1. The number of halogens is 3. The van der Waals surface area contributed by atoms with Gasteiger partial charge in [0.25, 0.3) is 0 Å². The van der Waals surface area contributed by atoms with Crippen molar-refractivity contribution >= 4 is 11.7 Å². The third kappa shape index (κ3) is 5.58. The Hall–Kier alpha value is -0.970. The van der Waals surface area contributed by atoms with Gasteiger partial charge in [-0.2, -0.15) is 17.5 Å². The van der Waals surface area contributed by atoms with E-state index in [2.05, 4.69) is 14.1 Å².